The van der Waals surface area contributed by atoms with Crippen LogP contribution in [0.3, 0.4) is 0 Å². The topological polar surface area (TPSA) is 398 Å². The van der Waals surface area contributed by atoms with E-state index in [1.807, 2.05) is 40.7 Å². The maximum absolute atomic E-state index is 14.5. The Kier molecular flexibility index (Phi) is 21.7. The van der Waals surface area contributed by atoms with Gasteiger partial charge in [-0.3, -0.25) is 29.7 Å². The lowest BCUT2D eigenvalue weighted by atomic mass is 9.95. The zero-order valence-corrected chi connectivity index (χ0v) is 56.5. The number of amides is 3. The van der Waals surface area contributed by atoms with E-state index in [0.717, 1.165) is 34.2 Å². The zero-order valence-electron chi connectivity index (χ0n) is 54.9. The molecule has 0 fully saturated rings. The van der Waals surface area contributed by atoms with E-state index in [1.165, 1.54) is 6.26 Å². The van der Waals surface area contributed by atoms with Gasteiger partial charge in [0, 0.05) is 17.9 Å². The van der Waals surface area contributed by atoms with Crippen LogP contribution in [-0.4, -0.2) is 226 Å². The lowest BCUT2D eigenvalue weighted by molar-refractivity contribution is -0.142. The minimum atomic E-state index is -1.16. The van der Waals surface area contributed by atoms with Gasteiger partial charge in [0.1, 0.15) is 92.7 Å². The molecule has 1 aromatic carbocycles. The highest BCUT2D eigenvalue weighted by Crippen LogP contribution is 2.37. The number of benzene rings is 1. The number of aliphatic imine (C=N–C) groups is 8. The van der Waals surface area contributed by atoms with Crippen molar-refractivity contribution < 1.29 is 61.5 Å². The molecule has 3 aromatic rings. The number of aromatic nitrogens is 2. The van der Waals surface area contributed by atoms with Crippen LogP contribution in [0.1, 0.15) is 121 Å². The Morgan fingerprint density at radius 2 is 1.36 bits per heavy atom. The number of aryl methyl sites for hydroxylation is 1. The molecule has 9 N–H and O–H groups in total. The van der Waals surface area contributed by atoms with Crippen molar-refractivity contribution in [1.29, 1.82) is 0 Å². The fourth-order valence-corrected chi connectivity index (χ4v) is 14.3. The molecular formula is C63H85N17O13S2. The SMILES string of the molecule is CCC(C)C(NC(=O)C1N=C(c2nc(C3CSC(C4N=C(C5CSC(C(CCCNC(N)N)N(C)C)=N5)OC4C)=N3)oc2C)OC1C)C(=O)NC(c1nc(C2=NC(C3=NC(C4=NC(C5=NC(C(=O)NC(Cc6ccccc6)C(=O)O)C(C)O5)CO4)CO3)CO2)co1)C(C)CC. The van der Waals surface area contributed by atoms with E-state index in [1.54, 1.807) is 68.6 Å². The summed E-state index contributed by atoms with van der Waals surface area (Å²) in [5.41, 5.74) is 12.8. The second-order valence-electron chi connectivity index (χ2n) is 25.1. The molecule has 11 rings (SSSR count). The molecule has 30 nitrogen and oxygen atoms in total. The first-order chi connectivity index (χ1) is 45.6. The van der Waals surface area contributed by atoms with Crippen LogP contribution in [0.2, 0.25) is 0 Å². The normalized spacial score (nSPS) is 28.0. The number of carbonyl (C=O) groups is 4. The standard InChI is InChI=1S/C63H85N17O13S2/c1-11-28(3)43(74-51(83)46-31(6)93-59(77-46)47-32(7)91-56(78-47)41-27-95-61(73-41)48-33(8)92-57(79-48)40-26-94-60(72-40)42(80(9)10)19-16-20-66-63(64)65)49(81)75-44(29(4)12-2)58-71-38(24-89-58)54-69-36(22-87-54)52-68-37(23-86-52)53-70-39(25-88-53)55-76-45(30(5)90-55)50(82)67-35(62(84)85)21-34-17-14-13-15-18-34/h13-15,17-18,24,28-31,33,35-37,39-46,48,63,66H,11-12,16,19-23,25-27,64-65H2,1-10H3,(H,67,82)(H,74,83)(H,75,81)(H,84,85). The number of aliphatic carboxylic acids is 1. The van der Waals surface area contributed by atoms with E-state index < -0.39 is 96.6 Å². The first-order valence-corrected chi connectivity index (χ1v) is 34.4. The molecule has 8 aliphatic heterocycles. The van der Waals surface area contributed by atoms with Crippen LogP contribution in [0.25, 0.3) is 0 Å². The second kappa shape index (κ2) is 30.1. The number of oxazole rings is 2. The van der Waals surface area contributed by atoms with Gasteiger partial charge in [-0.2, -0.15) is 0 Å². The Labute approximate surface area is 558 Å². The highest BCUT2D eigenvalue weighted by molar-refractivity contribution is 8.14. The van der Waals surface area contributed by atoms with Gasteiger partial charge >= 0.3 is 5.97 Å². The summed E-state index contributed by atoms with van der Waals surface area (Å²) in [4.78, 5) is 104. The highest BCUT2D eigenvalue weighted by Gasteiger charge is 2.45. The molecule has 0 saturated heterocycles. The van der Waals surface area contributed by atoms with Crippen molar-refractivity contribution in [3.05, 3.63) is 71.1 Å². The number of nitrogens with one attached hydrogen (secondary N) is 4. The van der Waals surface area contributed by atoms with Gasteiger partial charge in [0.25, 0.3) is 0 Å². The number of carboxylic acid groups (broad SMARTS) is 1. The summed E-state index contributed by atoms with van der Waals surface area (Å²) < 4.78 is 48.8. The largest absolute Gasteiger partial charge is 0.480 e. The van der Waals surface area contributed by atoms with E-state index in [4.69, 9.17) is 88.6 Å². The van der Waals surface area contributed by atoms with E-state index in [0.29, 0.717) is 65.9 Å². The molecule has 0 radical (unpaired) electrons. The van der Waals surface area contributed by atoms with Crippen LogP contribution in [-0.2, 0) is 54.0 Å². The predicted octanol–water partition coefficient (Wildman–Crippen LogP) is 3.06. The van der Waals surface area contributed by atoms with Gasteiger partial charge in [0.05, 0.1) is 16.1 Å². The van der Waals surface area contributed by atoms with Crippen LogP contribution in [0.5, 0.6) is 0 Å². The van der Waals surface area contributed by atoms with Crippen molar-refractivity contribution in [1.82, 2.24) is 36.1 Å². The van der Waals surface area contributed by atoms with Crippen LogP contribution in [0.15, 0.2) is 85.4 Å². The maximum atomic E-state index is 14.5. The predicted molar refractivity (Wildman–Crippen MR) is 357 cm³/mol. The number of rotatable bonds is 29. The molecule has 17 unspecified atom stereocenters. The summed E-state index contributed by atoms with van der Waals surface area (Å²) in [5.74, 6) is 1.08. The summed E-state index contributed by atoms with van der Waals surface area (Å²) in [6.07, 6.45) is 2.39. The van der Waals surface area contributed by atoms with Crippen molar-refractivity contribution in [3.8, 4) is 0 Å². The van der Waals surface area contributed by atoms with Gasteiger partial charge in [-0.25, -0.2) is 44.7 Å². The van der Waals surface area contributed by atoms with Crippen molar-refractivity contribution >= 4 is 92.7 Å². The van der Waals surface area contributed by atoms with Crippen molar-refractivity contribution in [2.45, 2.75) is 185 Å². The number of nitrogens with two attached hydrogens (primary N) is 2. The molecule has 2 aromatic heterocycles. The monoisotopic (exact) mass is 1350 g/mol. The number of thioether (sulfide) groups is 2. The van der Waals surface area contributed by atoms with Crippen LogP contribution >= 0.6 is 23.5 Å². The molecule has 8 aliphatic rings. The Balaban J connectivity index is 0.689. The maximum Gasteiger partial charge on any atom is 0.326 e. The average Bonchev–Trinajstić information content (AvgIpc) is 1.66. The quantitative estimate of drug-likeness (QED) is 0.0388. The van der Waals surface area contributed by atoms with E-state index >= 15 is 0 Å². The molecule has 95 heavy (non-hydrogen) atoms. The van der Waals surface area contributed by atoms with Crippen molar-refractivity contribution in [2.24, 2.45) is 63.2 Å². The van der Waals surface area contributed by atoms with E-state index in [-0.39, 0.29) is 85.9 Å². The Morgan fingerprint density at radius 3 is 2.06 bits per heavy atom. The summed E-state index contributed by atoms with van der Waals surface area (Å²) in [6.45, 7) is 16.0. The van der Waals surface area contributed by atoms with Crippen LogP contribution in [0.4, 0.5) is 0 Å². The van der Waals surface area contributed by atoms with Gasteiger partial charge in [0.2, 0.25) is 64.9 Å². The number of hydrogen-bond donors (Lipinski definition) is 7. The van der Waals surface area contributed by atoms with Gasteiger partial charge in [0.15, 0.2) is 41.6 Å². The summed E-state index contributed by atoms with van der Waals surface area (Å²) >= 11 is 3.33. The highest BCUT2D eigenvalue weighted by atomic mass is 32.2. The number of nitrogens with zero attached hydrogens (tertiary/aromatic N) is 11. The lowest BCUT2D eigenvalue weighted by Gasteiger charge is -2.28. The molecule has 3 amide bonds. The van der Waals surface area contributed by atoms with Crippen LogP contribution < -0.4 is 32.7 Å². The van der Waals surface area contributed by atoms with Crippen LogP contribution in [0, 0.1) is 18.8 Å². The third-order valence-electron chi connectivity index (χ3n) is 17.8. The fourth-order valence-electron chi connectivity index (χ4n) is 11.9. The molecular weight excluding hydrogens is 1270 g/mol. The zero-order chi connectivity index (χ0) is 67.4. The first kappa shape index (κ1) is 68.6. The summed E-state index contributed by atoms with van der Waals surface area (Å²) in [6, 6.07) is 1.62. The Hall–Kier alpha value is -7.78. The Bertz CT molecular complexity index is 3570. The number of carboxylic acids is 1. The van der Waals surface area contributed by atoms with Gasteiger partial charge in [-0.15, -0.1) is 23.5 Å². The van der Waals surface area contributed by atoms with Crippen molar-refractivity contribution in [2.75, 3.05) is 52.0 Å². The number of ether oxygens (including phenoxy) is 6. The minimum Gasteiger partial charge on any atom is -0.480 e. The van der Waals surface area contributed by atoms with Gasteiger partial charge < -0.3 is 74.7 Å². The number of hydrogen-bond acceptors (Lipinski definition) is 28. The molecule has 512 valence electrons. The first-order valence-electron chi connectivity index (χ1n) is 32.4. The average molecular weight is 1350 g/mol. The number of carbonyl (C=O) groups excluding carboxylic acids is 3. The molecule has 0 saturated carbocycles. The smallest absolute Gasteiger partial charge is 0.326 e. The third-order valence-corrected chi connectivity index (χ3v) is 20.0. The van der Waals surface area contributed by atoms with Crippen molar-refractivity contribution in [3.63, 3.8) is 0 Å². The van der Waals surface area contributed by atoms with E-state index in [2.05, 4.69) is 50.2 Å². The molecule has 0 aliphatic carbocycles. The summed E-state index contributed by atoms with van der Waals surface area (Å²) in [5, 5.41) is 23.6. The fraction of sp³-hybridized carbons (Fsp3) is 0.619. The third kappa shape index (κ3) is 15.7. The lowest BCUT2D eigenvalue weighted by Crippen LogP contribution is -2.54. The summed E-state index contributed by atoms with van der Waals surface area (Å²) in [7, 11) is 4.12. The molecule has 32 heteroatoms. The molecule has 0 spiro atoms. The Morgan fingerprint density at radius 1 is 0.705 bits per heavy atom. The minimum absolute atomic E-state index is 0.0912. The van der Waals surface area contributed by atoms with E-state index in [9.17, 15) is 24.3 Å². The molecule has 10 heterocycles. The second-order valence-corrected chi connectivity index (χ2v) is 27.2. The van der Waals surface area contributed by atoms with Gasteiger partial charge in [-0.05, 0) is 78.6 Å². The molecule has 0 bridgehead atoms. The molecule has 17 atom stereocenters. The van der Waals surface area contributed by atoms with Gasteiger partial charge in [-0.1, -0.05) is 70.9 Å².